The summed E-state index contributed by atoms with van der Waals surface area (Å²) in [5.74, 6) is -0.282. The number of imide groups is 1. The molecule has 34 heavy (non-hydrogen) atoms. The molecule has 1 aliphatic heterocycles. The Morgan fingerprint density at radius 2 is 1.74 bits per heavy atom. The number of hydrogen-bond acceptors (Lipinski definition) is 3. The summed E-state index contributed by atoms with van der Waals surface area (Å²) >= 11 is 17.0. The lowest BCUT2D eigenvalue weighted by atomic mass is 10.1. The normalized spacial score (nSPS) is 15.1. The largest absolute Gasteiger partial charge is 0.342 e. The minimum absolute atomic E-state index is 0.255. The monoisotopic (exact) mass is 570 g/mol. The first-order valence-corrected chi connectivity index (χ1v) is 12.8. The number of benzene rings is 3. The van der Waals surface area contributed by atoms with Crippen molar-refractivity contribution in [2.75, 3.05) is 0 Å². The Morgan fingerprint density at radius 1 is 0.941 bits per heavy atom. The summed E-state index contributed by atoms with van der Waals surface area (Å²) in [6, 6.07) is 20.9. The fourth-order valence-electron chi connectivity index (χ4n) is 3.92. The Labute approximate surface area is 219 Å². The second-order valence-corrected chi connectivity index (χ2v) is 10.6. The van der Waals surface area contributed by atoms with Crippen LogP contribution in [0.5, 0.6) is 0 Å². The van der Waals surface area contributed by atoms with Gasteiger partial charge in [-0.3, -0.25) is 14.5 Å². The molecule has 1 saturated heterocycles. The second kappa shape index (κ2) is 9.62. The van der Waals surface area contributed by atoms with E-state index in [1.165, 1.54) is 4.90 Å². The van der Waals surface area contributed by atoms with Gasteiger partial charge in [0.1, 0.15) is 0 Å². The van der Waals surface area contributed by atoms with Crippen LogP contribution in [-0.4, -0.2) is 20.6 Å². The van der Waals surface area contributed by atoms with Gasteiger partial charge in [-0.25, -0.2) is 0 Å². The zero-order chi connectivity index (χ0) is 23.8. The van der Waals surface area contributed by atoms with E-state index in [4.69, 9.17) is 23.2 Å². The van der Waals surface area contributed by atoms with Crippen LogP contribution in [0.1, 0.15) is 16.7 Å². The lowest BCUT2D eigenvalue weighted by Gasteiger charge is -2.12. The summed E-state index contributed by atoms with van der Waals surface area (Å²) in [4.78, 5) is 27.4. The number of halogens is 3. The molecule has 0 bridgehead atoms. The van der Waals surface area contributed by atoms with Crippen molar-refractivity contribution in [3.63, 3.8) is 0 Å². The van der Waals surface area contributed by atoms with Gasteiger partial charge in [-0.05, 0) is 59.3 Å². The molecule has 2 amide bonds. The van der Waals surface area contributed by atoms with Crippen LogP contribution < -0.4 is 0 Å². The fraction of sp³-hybridized carbons (Fsp3) is 0.0769. The highest BCUT2D eigenvalue weighted by Gasteiger charge is 2.35. The molecule has 0 aliphatic carbocycles. The lowest BCUT2D eigenvalue weighted by Crippen LogP contribution is -2.27. The molecule has 0 saturated carbocycles. The van der Waals surface area contributed by atoms with Crippen molar-refractivity contribution in [2.24, 2.45) is 0 Å². The van der Waals surface area contributed by atoms with Crippen molar-refractivity contribution in [3.05, 3.63) is 109 Å². The maximum Gasteiger partial charge on any atom is 0.293 e. The van der Waals surface area contributed by atoms with Gasteiger partial charge in [-0.1, -0.05) is 75.5 Å². The number of fused-ring (bicyclic) bond motifs is 1. The molecule has 1 aromatic heterocycles. The minimum Gasteiger partial charge on any atom is -0.342 e. The summed E-state index contributed by atoms with van der Waals surface area (Å²) in [5.41, 5.74) is 3.68. The highest BCUT2D eigenvalue weighted by Crippen LogP contribution is 2.36. The number of aromatic nitrogens is 1. The van der Waals surface area contributed by atoms with Gasteiger partial charge in [0.05, 0.1) is 11.4 Å². The molecule has 2 heterocycles. The van der Waals surface area contributed by atoms with Crippen molar-refractivity contribution in [1.29, 1.82) is 0 Å². The topological polar surface area (TPSA) is 42.3 Å². The van der Waals surface area contributed by atoms with Crippen molar-refractivity contribution in [3.8, 4) is 0 Å². The molecule has 0 radical (unpaired) electrons. The highest BCUT2D eigenvalue weighted by molar-refractivity contribution is 9.10. The van der Waals surface area contributed by atoms with Gasteiger partial charge in [0.2, 0.25) is 0 Å². The van der Waals surface area contributed by atoms with Gasteiger partial charge >= 0.3 is 0 Å². The lowest BCUT2D eigenvalue weighted by molar-refractivity contribution is -0.123. The Bertz CT molecular complexity index is 1470. The van der Waals surface area contributed by atoms with Crippen LogP contribution in [0.15, 0.2) is 82.3 Å². The molecular weight excluding hydrogens is 555 g/mol. The predicted octanol–water partition coefficient (Wildman–Crippen LogP) is 8.00. The van der Waals surface area contributed by atoms with Gasteiger partial charge in [-0.2, -0.15) is 0 Å². The summed E-state index contributed by atoms with van der Waals surface area (Å²) in [7, 11) is 0. The van der Waals surface area contributed by atoms with Crippen molar-refractivity contribution >= 4 is 79.0 Å². The zero-order valence-corrected chi connectivity index (χ0v) is 21.6. The van der Waals surface area contributed by atoms with Gasteiger partial charge in [0.25, 0.3) is 11.1 Å². The quantitative estimate of drug-likeness (QED) is 0.228. The molecule has 0 spiro atoms. The van der Waals surface area contributed by atoms with E-state index in [2.05, 4.69) is 20.5 Å². The first kappa shape index (κ1) is 23.2. The first-order valence-electron chi connectivity index (χ1n) is 10.4. The van der Waals surface area contributed by atoms with Gasteiger partial charge in [0, 0.05) is 43.7 Å². The molecule has 3 aromatic carbocycles. The van der Waals surface area contributed by atoms with E-state index < -0.39 is 0 Å². The standard InChI is InChI=1S/C26H17BrCl2N2O2S/c27-19-7-9-23-21(11-19)18(15-30(23)14-17-6-8-20(28)12-22(17)29)10-24-25(32)31(26(33)34-24)13-16-4-2-1-3-5-16/h1-12,15H,13-14H2/b24-10-. The summed E-state index contributed by atoms with van der Waals surface area (Å²) in [5, 5.41) is 1.88. The highest BCUT2D eigenvalue weighted by atomic mass is 79.9. The van der Waals surface area contributed by atoms with E-state index in [1.54, 1.807) is 12.1 Å². The van der Waals surface area contributed by atoms with E-state index in [0.29, 0.717) is 21.5 Å². The molecule has 170 valence electrons. The maximum absolute atomic E-state index is 13.1. The molecule has 0 atom stereocenters. The summed E-state index contributed by atoms with van der Waals surface area (Å²) in [6.07, 6.45) is 3.78. The SMILES string of the molecule is O=C1S/C(=C\c2cn(Cc3ccc(Cl)cc3Cl)c3ccc(Br)cc23)C(=O)N1Cc1ccccc1. The van der Waals surface area contributed by atoms with E-state index in [-0.39, 0.29) is 17.7 Å². The van der Waals surface area contributed by atoms with E-state index in [0.717, 1.165) is 43.8 Å². The molecule has 4 nitrogen and oxygen atoms in total. The number of rotatable bonds is 5. The average Bonchev–Trinajstić information content (AvgIpc) is 3.27. The minimum atomic E-state index is -0.282. The van der Waals surface area contributed by atoms with Gasteiger partial charge in [0.15, 0.2) is 0 Å². The van der Waals surface area contributed by atoms with Crippen LogP contribution in [-0.2, 0) is 17.9 Å². The molecule has 8 heteroatoms. The third kappa shape index (κ3) is 4.68. The molecule has 0 unspecified atom stereocenters. The predicted molar refractivity (Wildman–Crippen MR) is 143 cm³/mol. The smallest absolute Gasteiger partial charge is 0.293 e. The fourth-order valence-corrected chi connectivity index (χ4v) is 5.58. The number of amides is 2. The van der Waals surface area contributed by atoms with Crippen LogP contribution in [0.3, 0.4) is 0 Å². The zero-order valence-electron chi connectivity index (χ0n) is 17.7. The Kier molecular flexibility index (Phi) is 6.58. The van der Waals surface area contributed by atoms with Crippen LogP contribution in [0.4, 0.5) is 4.79 Å². The molecule has 1 aliphatic rings. The van der Waals surface area contributed by atoms with Crippen LogP contribution >= 0.6 is 50.9 Å². The van der Waals surface area contributed by atoms with Gasteiger partial charge < -0.3 is 4.57 Å². The van der Waals surface area contributed by atoms with Gasteiger partial charge in [-0.15, -0.1) is 0 Å². The molecule has 5 rings (SSSR count). The second-order valence-electron chi connectivity index (χ2n) is 7.86. The molecule has 1 fully saturated rings. The summed E-state index contributed by atoms with van der Waals surface area (Å²) in [6.45, 7) is 0.794. The van der Waals surface area contributed by atoms with Crippen molar-refractivity contribution in [1.82, 2.24) is 9.47 Å². The van der Waals surface area contributed by atoms with E-state index in [1.807, 2.05) is 66.9 Å². The Balaban J connectivity index is 1.50. The third-order valence-corrected chi connectivity index (χ3v) is 7.56. The van der Waals surface area contributed by atoms with Crippen LogP contribution in [0.2, 0.25) is 10.0 Å². The first-order chi connectivity index (χ1) is 16.4. The Hall–Kier alpha value is -2.51. The van der Waals surface area contributed by atoms with Crippen molar-refractivity contribution in [2.45, 2.75) is 13.1 Å². The molecular formula is C26H17BrCl2N2O2S. The molecule has 4 aromatic rings. The molecule has 0 N–H and O–H groups in total. The number of hydrogen-bond donors (Lipinski definition) is 0. The number of nitrogens with zero attached hydrogens (tertiary/aromatic N) is 2. The summed E-state index contributed by atoms with van der Waals surface area (Å²) < 4.78 is 3.01. The Morgan fingerprint density at radius 3 is 2.50 bits per heavy atom. The van der Waals surface area contributed by atoms with E-state index in [9.17, 15) is 9.59 Å². The third-order valence-electron chi connectivity index (χ3n) is 5.57. The number of thioether (sulfide) groups is 1. The number of carbonyl (C=O) groups is 2. The maximum atomic E-state index is 13.1. The van der Waals surface area contributed by atoms with E-state index >= 15 is 0 Å². The average molecular weight is 572 g/mol. The van der Waals surface area contributed by atoms with Crippen LogP contribution in [0.25, 0.3) is 17.0 Å². The van der Waals surface area contributed by atoms with Crippen molar-refractivity contribution < 1.29 is 9.59 Å². The van der Waals surface area contributed by atoms with Crippen LogP contribution in [0, 0.1) is 0 Å². The number of carbonyl (C=O) groups excluding carboxylic acids is 2.